The quantitative estimate of drug-likeness (QED) is 0.356. The summed E-state index contributed by atoms with van der Waals surface area (Å²) >= 11 is 0. The molecule has 6 fully saturated rings. The van der Waals surface area contributed by atoms with Crippen LogP contribution in [0.25, 0.3) is 0 Å². The maximum Gasteiger partial charge on any atom is 0.306 e. The molecule has 9 nitrogen and oxygen atoms in total. The molecule has 4 atom stereocenters. The van der Waals surface area contributed by atoms with Gasteiger partial charge in [-0.05, 0) is 108 Å². The number of ether oxygens (including phenoxy) is 2. The zero-order chi connectivity index (χ0) is 31.3. The van der Waals surface area contributed by atoms with Crippen molar-refractivity contribution in [1.29, 1.82) is 0 Å². The van der Waals surface area contributed by atoms with Crippen molar-refractivity contribution >= 4 is 17.7 Å². The molecule has 3 unspecified atom stereocenters. The normalized spacial score (nSPS) is 28.9. The van der Waals surface area contributed by atoms with Gasteiger partial charge in [-0.3, -0.25) is 9.59 Å². The minimum absolute atomic E-state index is 0.0101. The Kier molecular flexibility index (Phi) is 7.99. The van der Waals surface area contributed by atoms with E-state index >= 15 is 0 Å². The molecule has 0 N–H and O–H groups in total. The summed E-state index contributed by atoms with van der Waals surface area (Å²) in [6.45, 7) is 12.2. The molecule has 45 heavy (non-hydrogen) atoms. The summed E-state index contributed by atoms with van der Waals surface area (Å²) in [5.41, 5.74) is 0.601. The number of hydrogen-bond acceptors (Lipinski definition) is 8. The first-order chi connectivity index (χ1) is 21.7. The molecule has 1 aromatic carbocycles. The summed E-state index contributed by atoms with van der Waals surface area (Å²) in [7, 11) is 0. The average molecular weight is 620 g/mol. The first kappa shape index (κ1) is 30.4. The second-order valence-corrected chi connectivity index (χ2v) is 14.7. The maximum absolute atomic E-state index is 14.3. The third-order valence-electron chi connectivity index (χ3n) is 11.7. The highest BCUT2D eigenvalue weighted by Gasteiger charge is 2.55. The molecule has 1 amide bonds. The van der Waals surface area contributed by atoms with Gasteiger partial charge in [0.05, 0.1) is 24.8 Å². The van der Waals surface area contributed by atoms with Crippen molar-refractivity contribution < 1.29 is 23.5 Å². The number of cyclic esters (lactones) is 1. The Bertz CT molecular complexity index is 1440. The summed E-state index contributed by atoms with van der Waals surface area (Å²) in [6.07, 6.45) is 11.1. The van der Waals surface area contributed by atoms with Gasteiger partial charge < -0.3 is 24.2 Å². The molecule has 1 aromatic heterocycles. The lowest BCUT2D eigenvalue weighted by Crippen LogP contribution is -2.61. The number of halogens is 1. The molecule has 2 bridgehead atoms. The van der Waals surface area contributed by atoms with Gasteiger partial charge in [0, 0.05) is 43.1 Å². The summed E-state index contributed by atoms with van der Waals surface area (Å²) in [5, 5.41) is 0. The molecule has 6 aliphatic rings. The van der Waals surface area contributed by atoms with Crippen LogP contribution in [0.5, 0.6) is 11.5 Å². The van der Waals surface area contributed by atoms with Gasteiger partial charge >= 0.3 is 5.97 Å². The van der Waals surface area contributed by atoms with Crippen molar-refractivity contribution in [3.8, 4) is 11.5 Å². The number of esters is 1. The van der Waals surface area contributed by atoms with Crippen LogP contribution in [0.3, 0.4) is 0 Å². The van der Waals surface area contributed by atoms with E-state index in [1.807, 2.05) is 20.8 Å². The molecule has 2 aromatic rings. The molecule has 242 valence electrons. The van der Waals surface area contributed by atoms with Crippen molar-refractivity contribution in [1.82, 2.24) is 19.8 Å². The van der Waals surface area contributed by atoms with E-state index in [9.17, 15) is 14.0 Å². The number of aromatic nitrogens is 2. The van der Waals surface area contributed by atoms with Crippen LogP contribution in [-0.2, 0) is 9.53 Å². The summed E-state index contributed by atoms with van der Waals surface area (Å²) in [5.74, 6) is 2.85. The Labute approximate surface area is 265 Å². The number of amides is 1. The van der Waals surface area contributed by atoms with Gasteiger partial charge in [0.15, 0.2) is 11.6 Å². The van der Waals surface area contributed by atoms with Crippen molar-refractivity contribution in [3.63, 3.8) is 0 Å². The molecule has 8 rings (SSSR count). The van der Waals surface area contributed by atoms with Gasteiger partial charge in [-0.1, -0.05) is 0 Å². The summed E-state index contributed by atoms with van der Waals surface area (Å²) < 4.78 is 26.0. The van der Waals surface area contributed by atoms with Crippen LogP contribution < -0.4 is 9.64 Å². The second kappa shape index (κ2) is 11.8. The van der Waals surface area contributed by atoms with Crippen LogP contribution in [0.2, 0.25) is 0 Å². The van der Waals surface area contributed by atoms with E-state index in [2.05, 4.69) is 19.8 Å². The number of fused-ring (bicyclic) bond motifs is 2. The predicted octanol–water partition coefficient (Wildman–Crippen LogP) is 5.55. The highest BCUT2D eigenvalue weighted by Crippen LogP contribution is 2.58. The third-order valence-corrected chi connectivity index (χ3v) is 11.7. The first-order valence-corrected chi connectivity index (χ1v) is 16.9. The number of likely N-dealkylation sites (tertiary alicyclic amines) is 1. The second-order valence-electron chi connectivity index (χ2n) is 14.7. The highest BCUT2D eigenvalue weighted by atomic mass is 19.1. The maximum atomic E-state index is 14.3. The van der Waals surface area contributed by atoms with Crippen LogP contribution in [-0.4, -0.2) is 83.6 Å². The fourth-order valence-corrected chi connectivity index (χ4v) is 9.24. The predicted molar refractivity (Wildman–Crippen MR) is 168 cm³/mol. The van der Waals surface area contributed by atoms with Gasteiger partial charge in [-0.25, -0.2) is 14.4 Å². The third kappa shape index (κ3) is 5.68. The zero-order valence-corrected chi connectivity index (χ0v) is 26.8. The van der Waals surface area contributed by atoms with Crippen LogP contribution in [0, 0.1) is 34.4 Å². The molecular weight excluding hydrogens is 573 g/mol. The molecule has 3 saturated heterocycles. The largest absolute Gasteiger partial charge is 0.465 e. The standard InChI is InChI=1S/C35H46FN5O4/c1-4-41(23(2)3)33(43)28-14-27(36)7-8-29(28)45-30-17-37-22-38-32(30)40-19-34(20-40)9-11-39(12-10-34)18-25-13-26-6-5-24(25)15-35(26)16-31(42)44-21-35/h7-8,14,17,22-26H,4-6,9-13,15-16,18-21H2,1-3H3/t24?,25-,26?,35?/m0/s1. The number of piperidine rings is 1. The molecule has 2 spiro atoms. The van der Waals surface area contributed by atoms with Crippen molar-refractivity contribution in [2.75, 3.05) is 50.8 Å². The minimum Gasteiger partial charge on any atom is -0.465 e. The number of nitrogens with zero attached hydrogens (tertiary/aromatic N) is 5. The number of rotatable bonds is 8. The van der Waals surface area contributed by atoms with Crippen molar-refractivity contribution in [2.24, 2.45) is 28.6 Å². The van der Waals surface area contributed by atoms with E-state index in [1.165, 1.54) is 56.8 Å². The number of carbonyl (C=O) groups excluding carboxylic acids is 2. The van der Waals surface area contributed by atoms with Crippen LogP contribution >= 0.6 is 0 Å². The molecule has 4 heterocycles. The Morgan fingerprint density at radius 2 is 2.00 bits per heavy atom. The lowest BCUT2D eigenvalue weighted by molar-refractivity contribution is -0.137. The van der Waals surface area contributed by atoms with Crippen molar-refractivity contribution in [2.45, 2.75) is 71.8 Å². The number of anilines is 1. The number of carbonyl (C=O) groups is 2. The Balaban J connectivity index is 0.965. The van der Waals surface area contributed by atoms with Crippen LogP contribution in [0.1, 0.15) is 76.1 Å². The fourth-order valence-electron chi connectivity index (χ4n) is 9.24. The number of hydrogen-bond donors (Lipinski definition) is 0. The lowest BCUT2D eigenvalue weighted by atomic mass is 9.52. The van der Waals surface area contributed by atoms with E-state index < -0.39 is 5.82 Å². The topological polar surface area (TPSA) is 88.1 Å². The molecule has 3 saturated carbocycles. The van der Waals surface area contributed by atoms with E-state index in [0.29, 0.717) is 42.8 Å². The molecule has 3 aliphatic carbocycles. The Hall–Kier alpha value is -3.27. The molecule has 0 radical (unpaired) electrons. The van der Waals surface area contributed by atoms with Gasteiger partial charge in [-0.2, -0.15) is 0 Å². The fraction of sp³-hybridized carbons (Fsp3) is 0.657. The lowest BCUT2D eigenvalue weighted by Gasteiger charge is -2.56. The van der Waals surface area contributed by atoms with E-state index in [4.69, 9.17) is 9.47 Å². The summed E-state index contributed by atoms with van der Waals surface area (Å²) in [4.78, 5) is 40.7. The average Bonchev–Trinajstić information content (AvgIpc) is 3.38. The van der Waals surface area contributed by atoms with Gasteiger partial charge in [0.25, 0.3) is 5.91 Å². The minimum atomic E-state index is -0.481. The SMILES string of the molecule is CCN(C(=O)c1cc(F)ccc1Oc1cncnc1N1CC2(CCN(C[C@@H]3CC4CCC3CC43COC(=O)C3)CC2)C1)C(C)C. The van der Waals surface area contributed by atoms with E-state index in [1.54, 1.807) is 11.1 Å². The van der Waals surface area contributed by atoms with Crippen LogP contribution in [0.15, 0.2) is 30.7 Å². The molecular formula is C35H46FN5O4. The first-order valence-electron chi connectivity index (χ1n) is 16.9. The van der Waals surface area contributed by atoms with Gasteiger partial charge in [-0.15, -0.1) is 0 Å². The smallest absolute Gasteiger partial charge is 0.306 e. The monoisotopic (exact) mass is 619 g/mol. The Morgan fingerprint density at radius 1 is 1.20 bits per heavy atom. The summed E-state index contributed by atoms with van der Waals surface area (Å²) in [6, 6.07) is 4.05. The highest BCUT2D eigenvalue weighted by molar-refractivity contribution is 5.97. The van der Waals surface area contributed by atoms with Crippen LogP contribution in [0.4, 0.5) is 10.2 Å². The van der Waals surface area contributed by atoms with E-state index in [0.717, 1.165) is 50.9 Å². The van der Waals surface area contributed by atoms with E-state index in [-0.39, 0.29) is 34.3 Å². The zero-order valence-electron chi connectivity index (χ0n) is 26.8. The Morgan fingerprint density at radius 3 is 2.67 bits per heavy atom. The molecule has 3 aliphatic heterocycles. The van der Waals surface area contributed by atoms with Crippen molar-refractivity contribution in [3.05, 3.63) is 42.1 Å². The van der Waals surface area contributed by atoms with Gasteiger partial charge in [0.2, 0.25) is 0 Å². The van der Waals surface area contributed by atoms with Gasteiger partial charge in [0.1, 0.15) is 17.9 Å². The molecule has 10 heteroatoms. The number of benzene rings is 1.